The number of hydrogen-bond donors (Lipinski definition) is 1. The molecule has 0 bridgehead atoms. The molecule has 18 heavy (non-hydrogen) atoms. The number of nitrogens with zero attached hydrogens (tertiary/aromatic N) is 1. The van der Waals surface area contributed by atoms with E-state index in [0.29, 0.717) is 0 Å². The summed E-state index contributed by atoms with van der Waals surface area (Å²) in [6.45, 7) is 3.80. The van der Waals surface area contributed by atoms with Crippen molar-refractivity contribution in [3.05, 3.63) is 35.4 Å². The topological polar surface area (TPSA) is 40.5 Å². The van der Waals surface area contributed by atoms with Crippen molar-refractivity contribution in [2.45, 2.75) is 32.2 Å². The van der Waals surface area contributed by atoms with Crippen LogP contribution in [0.1, 0.15) is 36.4 Å². The van der Waals surface area contributed by atoms with Crippen molar-refractivity contribution in [3.63, 3.8) is 0 Å². The lowest BCUT2D eigenvalue weighted by molar-refractivity contribution is -0.144. The molecule has 2 rings (SSSR count). The van der Waals surface area contributed by atoms with Crippen LogP contribution in [-0.2, 0) is 4.79 Å². The first kappa shape index (κ1) is 15.0. The molecular weight excluding hydrogens is 250 g/mol. The van der Waals surface area contributed by atoms with Crippen LogP contribution in [0.5, 0.6) is 0 Å². The van der Waals surface area contributed by atoms with Gasteiger partial charge in [-0.05, 0) is 38.4 Å². The van der Waals surface area contributed by atoms with E-state index in [2.05, 4.69) is 4.90 Å². The van der Waals surface area contributed by atoms with Crippen LogP contribution in [0.2, 0.25) is 0 Å². The first-order chi connectivity index (χ1) is 8.18. The minimum Gasteiger partial charge on any atom is -0.480 e. The molecule has 0 aromatic heterocycles. The second kappa shape index (κ2) is 6.76. The summed E-state index contributed by atoms with van der Waals surface area (Å²) in [5, 5.41) is 9.41. The number of carboxylic acids is 1. The van der Waals surface area contributed by atoms with Gasteiger partial charge < -0.3 is 5.11 Å². The smallest absolute Gasteiger partial charge is 0.325 e. The Morgan fingerprint density at radius 3 is 2.22 bits per heavy atom. The zero-order chi connectivity index (χ0) is 12.3. The van der Waals surface area contributed by atoms with Crippen LogP contribution in [0.25, 0.3) is 0 Å². The van der Waals surface area contributed by atoms with E-state index >= 15 is 0 Å². The Kier molecular flexibility index (Phi) is 5.63. The zero-order valence-corrected chi connectivity index (χ0v) is 11.4. The highest BCUT2D eigenvalue weighted by molar-refractivity contribution is 5.85. The largest absolute Gasteiger partial charge is 0.480 e. The van der Waals surface area contributed by atoms with E-state index in [0.717, 1.165) is 37.1 Å². The Morgan fingerprint density at radius 2 is 1.72 bits per heavy atom. The number of halogens is 1. The number of benzene rings is 1. The van der Waals surface area contributed by atoms with Gasteiger partial charge in [-0.15, -0.1) is 12.4 Å². The summed E-state index contributed by atoms with van der Waals surface area (Å²) in [6.07, 6.45) is 3.43. The van der Waals surface area contributed by atoms with Crippen molar-refractivity contribution in [3.8, 4) is 0 Å². The summed E-state index contributed by atoms with van der Waals surface area (Å²) >= 11 is 0. The Bertz CT molecular complexity index is 385. The van der Waals surface area contributed by atoms with Gasteiger partial charge in [0, 0.05) is 0 Å². The summed E-state index contributed by atoms with van der Waals surface area (Å²) in [5.41, 5.74) is 2.06. The molecule has 1 atom stereocenters. The lowest BCUT2D eigenvalue weighted by Crippen LogP contribution is -2.37. The summed E-state index contributed by atoms with van der Waals surface area (Å²) in [6, 6.07) is 7.35. The molecular formula is C14H20ClNO2. The second-order valence-corrected chi connectivity index (χ2v) is 4.75. The van der Waals surface area contributed by atoms with Crippen molar-refractivity contribution in [2.24, 2.45) is 0 Å². The third kappa shape index (κ3) is 3.47. The minimum absolute atomic E-state index is 0. The molecule has 1 heterocycles. The van der Waals surface area contributed by atoms with E-state index in [1.807, 2.05) is 31.2 Å². The molecule has 1 aromatic rings. The lowest BCUT2D eigenvalue weighted by Gasteiger charge is -2.32. The van der Waals surface area contributed by atoms with E-state index in [1.54, 1.807) is 0 Å². The average Bonchev–Trinajstić information content (AvgIpc) is 2.33. The maximum absolute atomic E-state index is 11.4. The molecule has 4 heteroatoms. The van der Waals surface area contributed by atoms with Gasteiger partial charge in [0.2, 0.25) is 0 Å². The van der Waals surface area contributed by atoms with E-state index in [-0.39, 0.29) is 12.4 Å². The second-order valence-electron chi connectivity index (χ2n) is 4.75. The predicted molar refractivity (Wildman–Crippen MR) is 74.2 cm³/mol. The fourth-order valence-electron chi connectivity index (χ4n) is 2.43. The molecule has 1 aromatic carbocycles. The molecule has 1 aliphatic rings. The molecule has 1 aliphatic heterocycles. The van der Waals surface area contributed by atoms with Crippen molar-refractivity contribution in [1.82, 2.24) is 4.90 Å². The lowest BCUT2D eigenvalue weighted by atomic mass is 10.0. The van der Waals surface area contributed by atoms with E-state index in [9.17, 15) is 9.90 Å². The third-order valence-electron chi connectivity index (χ3n) is 3.38. The van der Waals surface area contributed by atoms with Crippen LogP contribution in [0.15, 0.2) is 24.3 Å². The van der Waals surface area contributed by atoms with Gasteiger partial charge in [0.05, 0.1) is 0 Å². The van der Waals surface area contributed by atoms with Gasteiger partial charge in [-0.2, -0.15) is 0 Å². The summed E-state index contributed by atoms with van der Waals surface area (Å²) in [4.78, 5) is 13.5. The van der Waals surface area contributed by atoms with Gasteiger partial charge in [0.15, 0.2) is 0 Å². The highest BCUT2D eigenvalue weighted by atomic mass is 35.5. The van der Waals surface area contributed by atoms with Crippen LogP contribution in [0.3, 0.4) is 0 Å². The molecule has 1 saturated heterocycles. The Hall–Kier alpha value is -1.06. The van der Waals surface area contributed by atoms with Crippen LogP contribution >= 0.6 is 12.4 Å². The number of carboxylic acid groups (broad SMARTS) is 1. The number of hydrogen-bond acceptors (Lipinski definition) is 2. The fourth-order valence-corrected chi connectivity index (χ4v) is 2.43. The number of aliphatic carboxylic acids is 1. The SMILES string of the molecule is Cc1ccc(C(C(=O)O)N2CCCCC2)cc1.Cl. The standard InChI is InChI=1S/C14H19NO2.ClH/c1-11-5-7-12(8-6-11)13(14(16)17)15-9-3-2-4-10-15;/h5-8,13H,2-4,9-10H2,1H3,(H,16,17);1H. The van der Waals surface area contributed by atoms with Gasteiger partial charge >= 0.3 is 5.97 Å². The molecule has 0 saturated carbocycles. The summed E-state index contributed by atoms with van der Waals surface area (Å²) in [7, 11) is 0. The van der Waals surface area contributed by atoms with Crippen molar-refractivity contribution in [2.75, 3.05) is 13.1 Å². The molecule has 1 unspecified atom stereocenters. The third-order valence-corrected chi connectivity index (χ3v) is 3.38. The van der Waals surface area contributed by atoms with E-state index in [4.69, 9.17) is 0 Å². The van der Waals surface area contributed by atoms with E-state index in [1.165, 1.54) is 6.42 Å². The average molecular weight is 270 g/mol. The maximum Gasteiger partial charge on any atom is 0.325 e. The fraction of sp³-hybridized carbons (Fsp3) is 0.500. The van der Waals surface area contributed by atoms with Crippen molar-refractivity contribution in [1.29, 1.82) is 0 Å². The van der Waals surface area contributed by atoms with Crippen LogP contribution in [0, 0.1) is 6.92 Å². The Balaban J connectivity index is 0.00000162. The number of likely N-dealkylation sites (tertiary alicyclic amines) is 1. The zero-order valence-electron chi connectivity index (χ0n) is 10.6. The normalized spacial score (nSPS) is 17.8. The van der Waals surface area contributed by atoms with Gasteiger partial charge in [0.25, 0.3) is 0 Å². The molecule has 3 nitrogen and oxygen atoms in total. The van der Waals surface area contributed by atoms with Crippen molar-refractivity contribution < 1.29 is 9.90 Å². The van der Waals surface area contributed by atoms with Crippen molar-refractivity contribution >= 4 is 18.4 Å². The highest BCUT2D eigenvalue weighted by Crippen LogP contribution is 2.25. The summed E-state index contributed by atoms with van der Waals surface area (Å²) in [5.74, 6) is -0.740. The Morgan fingerprint density at radius 1 is 1.17 bits per heavy atom. The quantitative estimate of drug-likeness (QED) is 0.917. The highest BCUT2D eigenvalue weighted by Gasteiger charge is 2.28. The molecule has 1 fully saturated rings. The van der Waals surface area contributed by atoms with Crippen LogP contribution in [-0.4, -0.2) is 29.1 Å². The molecule has 0 amide bonds. The molecule has 0 aliphatic carbocycles. The number of rotatable bonds is 3. The Labute approximate surface area is 114 Å². The first-order valence-corrected chi connectivity index (χ1v) is 6.22. The monoisotopic (exact) mass is 269 g/mol. The van der Waals surface area contributed by atoms with Crippen LogP contribution < -0.4 is 0 Å². The van der Waals surface area contributed by atoms with Gasteiger partial charge in [-0.1, -0.05) is 36.2 Å². The van der Waals surface area contributed by atoms with Gasteiger partial charge in [-0.25, -0.2) is 0 Å². The minimum atomic E-state index is -0.740. The van der Waals surface area contributed by atoms with Gasteiger partial charge in [0.1, 0.15) is 6.04 Å². The summed E-state index contributed by atoms with van der Waals surface area (Å²) < 4.78 is 0. The first-order valence-electron chi connectivity index (χ1n) is 6.22. The molecule has 100 valence electrons. The van der Waals surface area contributed by atoms with Gasteiger partial charge in [-0.3, -0.25) is 9.69 Å². The predicted octanol–water partition coefficient (Wildman–Crippen LogP) is 3.03. The number of piperidine rings is 1. The molecule has 0 spiro atoms. The van der Waals surface area contributed by atoms with Crippen LogP contribution in [0.4, 0.5) is 0 Å². The number of aryl methyl sites for hydroxylation is 1. The van der Waals surface area contributed by atoms with E-state index < -0.39 is 12.0 Å². The molecule has 0 radical (unpaired) electrons. The number of carbonyl (C=O) groups is 1. The molecule has 1 N–H and O–H groups in total. The maximum atomic E-state index is 11.4.